The maximum Gasteiger partial charge on any atom is 0.167 e. The second kappa shape index (κ2) is 7.48. The van der Waals surface area contributed by atoms with Crippen LogP contribution in [0.5, 0.6) is 0 Å². The van der Waals surface area contributed by atoms with Crippen LogP contribution in [0, 0.1) is 40.4 Å². The maximum absolute atomic E-state index is 14.2. The number of rotatable bonds is 4. The van der Waals surface area contributed by atoms with Crippen molar-refractivity contribution in [3.8, 4) is 0 Å². The van der Waals surface area contributed by atoms with Crippen LogP contribution in [-0.4, -0.2) is 45.7 Å². The summed E-state index contributed by atoms with van der Waals surface area (Å²) in [4.78, 5) is 27.4. The van der Waals surface area contributed by atoms with Gasteiger partial charge >= 0.3 is 0 Å². The second-order valence-corrected chi connectivity index (χ2v) is 12.8. The lowest BCUT2D eigenvalue weighted by Gasteiger charge is -2.52. The van der Waals surface area contributed by atoms with E-state index in [9.17, 15) is 19.8 Å². The lowest BCUT2D eigenvalue weighted by Crippen LogP contribution is -2.56. The Kier molecular flexibility index (Phi) is 5.37. The molecule has 0 radical (unpaired) electrons. The maximum atomic E-state index is 14.2. The third-order valence-electron chi connectivity index (χ3n) is 11.1. The number of ether oxygens (including phenoxy) is 1. The molecule has 5 aliphatic rings. The lowest BCUT2D eigenvalue weighted by molar-refractivity contribution is -0.134. The minimum absolute atomic E-state index is 0.0282. The van der Waals surface area contributed by atoms with Gasteiger partial charge in [-0.05, 0) is 56.3 Å². The molecule has 5 nitrogen and oxygen atoms in total. The van der Waals surface area contributed by atoms with E-state index in [4.69, 9.17) is 4.74 Å². The van der Waals surface area contributed by atoms with Gasteiger partial charge in [0, 0.05) is 34.7 Å². The zero-order valence-corrected chi connectivity index (χ0v) is 21.2. The van der Waals surface area contributed by atoms with E-state index < -0.39 is 23.2 Å². The molecule has 10 atom stereocenters. The summed E-state index contributed by atoms with van der Waals surface area (Å²) in [5.74, 6) is 1.18. The molecule has 0 amide bonds. The predicted octanol–water partition coefficient (Wildman–Crippen LogP) is 4.24. The van der Waals surface area contributed by atoms with Crippen LogP contribution in [0.2, 0.25) is 0 Å². The van der Waals surface area contributed by atoms with E-state index in [2.05, 4.69) is 34.6 Å². The average molecular weight is 459 g/mol. The highest BCUT2D eigenvalue weighted by molar-refractivity contribution is 6.03. The van der Waals surface area contributed by atoms with Crippen LogP contribution in [-0.2, 0) is 14.3 Å². The highest BCUT2D eigenvalue weighted by Gasteiger charge is 2.76. The Hall–Kier alpha value is -1.04. The average Bonchev–Trinajstić information content (AvgIpc) is 3.36. The van der Waals surface area contributed by atoms with Gasteiger partial charge in [0.15, 0.2) is 5.78 Å². The normalized spacial score (nSPS) is 50.0. The summed E-state index contributed by atoms with van der Waals surface area (Å²) in [7, 11) is 0. The van der Waals surface area contributed by atoms with Crippen molar-refractivity contribution < 1.29 is 24.5 Å². The fourth-order valence-corrected chi connectivity index (χ4v) is 8.47. The van der Waals surface area contributed by atoms with E-state index >= 15 is 0 Å². The van der Waals surface area contributed by atoms with Crippen molar-refractivity contribution in [2.45, 2.75) is 110 Å². The molecule has 2 N–H and O–H groups in total. The molecule has 1 aliphatic heterocycles. The molecule has 3 fully saturated rings. The van der Waals surface area contributed by atoms with Crippen LogP contribution in [0.3, 0.4) is 0 Å². The number of ketones is 2. The van der Waals surface area contributed by atoms with Gasteiger partial charge in [0.25, 0.3) is 0 Å². The van der Waals surface area contributed by atoms with Gasteiger partial charge in [-0.1, -0.05) is 47.1 Å². The van der Waals surface area contributed by atoms with Gasteiger partial charge in [-0.3, -0.25) is 9.59 Å². The van der Waals surface area contributed by atoms with E-state index in [1.54, 1.807) is 0 Å². The fraction of sp³-hybridized carbons (Fsp3) is 0.857. The molecular formula is C28H42O5. The minimum Gasteiger partial charge on any atom is -0.393 e. The number of hydrogen-bond acceptors (Lipinski definition) is 5. The fourth-order valence-electron chi connectivity index (χ4n) is 8.47. The van der Waals surface area contributed by atoms with Crippen molar-refractivity contribution in [3.63, 3.8) is 0 Å². The smallest absolute Gasteiger partial charge is 0.167 e. The summed E-state index contributed by atoms with van der Waals surface area (Å²) < 4.78 is 6.16. The standard InChI is InChI=1S/C28H42O5/c1-14(2)15(3)22(30)18-7-8-19(16(18)4)26(5)11-10-20-21(24(26)32)23(31)25-28(33-25)13-17(29)9-12-27(20,28)6/h14-19,23,25,29,31H,7-13H2,1-6H3/t15-,16+,17+,18-,19-,23-,25-,26-,27-,28-/m1/s1. The Bertz CT molecular complexity index is 906. The summed E-state index contributed by atoms with van der Waals surface area (Å²) in [5, 5.41) is 21.6. The first-order chi connectivity index (χ1) is 15.4. The van der Waals surface area contributed by atoms with E-state index in [1.807, 2.05) is 6.92 Å². The Morgan fingerprint density at radius 2 is 1.79 bits per heavy atom. The molecule has 0 aromatic rings. The van der Waals surface area contributed by atoms with Gasteiger partial charge in [0.1, 0.15) is 23.6 Å². The number of epoxide rings is 1. The van der Waals surface area contributed by atoms with Gasteiger partial charge in [-0.2, -0.15) is 0 Å². The van der Waals surface area contributed by atoms with Crippen LogP contribution < -0.4 is 0 Å². The zero-order chi connectivity index (χ0) is 24.1. The van der Waals surface area contributed by atoms with Crippen molar-refractivity contribution >= 4 is 11.6 Å². The molecule has 0 aromatic carbocycles. The van der Waals surface area contributed by atoms with Crippen LogP contribution in [0.1, 0.15) is 86.5 Å². The topological polar surface area (TPSA) is 87.1 Å². The number of carbonyl (C=O) groups is 2. The number of fused-ring (bicyclic) bond motifs is 1. The van der Waals surface area contributed by atoms with E-state index in [0.29, 0.717) is 30.1 Å². The molecular weight excluding hydrogens is 416 g/mol. The number of Topliss-reactive ketones (excluding diaryl/α,β-unsaturated/α-hetero) is 2. The van der Waals surface area contributed by atoms with Crippen molar-refractivity contribution in [2.24, 2.45) is 40.4 Å². The number of carbonyl (C=O) groups excluding carboxylic acids is 2. The van der Waals surface area contributed by atoms with Crippen molar-refractivity contribution in [1.29, 1.82) is 0 Å². The first-order valence-electron chi connectivity index (χ1n) is 13.2. The van der Waals surface area contributed by atoms with E-state index in [-0.39, 0.29) is 41.0 Å². The molecule has 184 valence electrons. The van der Waals surface area contributed by atoms with Gasteiger partial charge < -0.3 is 14.9 Å². The number of aliphatic hydroxyl groups is 2. The van der Waals surface area contributed by atoms with Crippen molar-refractivity contribution in [1.82, 2.24) is 0 Å². The molecule has 4 aliphatic carbocycles. The third kappa shape index (κ3) is 3.00. The number of hydrogen-bond donors (Lipinski definition) is 2. The summed E-state index contributed by atoms with van der Waals surface area (Å²) in [6.45, 7) is 12.7. The molecule has 0 bridgehead atoms. The summed E-state index contributed by atoms with van der Waals surface area (Å²) in [6, 6.07) is 0. The van der Waals surface area contributed by atoms with Crippen LogP contribution in [0.15, 0.2) is 11.1 Å². The Labute approximate surface area is 198 Å². The Balaban J connectivity index is 1.45. The molecule has 1 heterocycles. The Morgan fingerprint density at radius 3 is 2.45 bits per heavy atom. The third-order valence-corrected chi connectivity index (χ3v) is 11.1. The van der Waals surface area contributed by atoms with E-state index in [0.717, 1.165) is 37.7 Å². The molecule has 5 rings (SSSR count). The van der Waals surface area contributed by atoms with Crippen LogP contribution in [0.4, 0.5) is 0 Å². The van der Waals surface area contributed by atoms with Gasteiger partial charge in [-0.15, -0.1) is 0 Å². The number of aliphatic hydroxyl groups excluding tert-OH is 2. The minimum atomic E-state index is -0.902. The molecule has 33 heavy (non-hydrogen) atoms. The summed E-state index contributed by atoms with van der Waals surface area (Å²) >= 11 is 0. The second-order valence-electron chi connectivity index (χ2n) is 12.8. The van der Waals surface area contributed by atoms with Gasteiger partial charge in [-0.25, -0.2) is 0 Å². The lowest BCUT2D eigenvalue weighted by atomic mass is 9.50. The van der Waals surface area contributed by atoms with Gasteiger partial charge in [0.2, 0.25) is 0 Å². The molecule has 5 heteroatoms. The quantitative estimate of drug-likeness (QED) is 0.616. The van der Waals surface area contributed by atoms with Crippen LogP contribution >= 0.6 is 0 Å². The Morgan fingerprint density at radius 1 is 1.09 bits per heavy atom. The first kappa shape index (κ1) is 23.7. The summed E-state index contributed by atoms with van der Waals surface area (Å²) in [5.41, 5.74) is 0.356. The summed E-state index contributed by atoms with van der Waals surface area (Å²) in [6.07, 6.45) is 3.70. The monoisotopic (exact) mass is 458 g/mol. The molecule has 0 unspecified atom stereocenters. The largest absolute Gasteiger partial charge is 0.393 e. The van der Waals surface area contributed by atoms with Crippen LogP contribution in [0.25, 0.3) is 0 Å². The van der Waals surface area contributed by atoms with Gasteiger partial charge in [0.05, 0.1) is 6.10 Å². The zero-order valence-electron chi connectivity index (χ0n) is 21.2. The molecule has 1 spiro atoms. The SMILES string of the molecule is CC(C)[C@@H](C)C(=O)[C@@H]1CC[C@@H]([C@@]2(C)CCC3=C(C2=O)[C@@H](O)[C@H]2O[C@]24C[C@@H](O)CC[C@]34C)[C@H]1C. The predicted molar refractivity (Wildman–Crippen MR) is 125 cm³/mol. The van der Waals surface area contributed by atoms with Crippen molar-refractivity contribution in [2.75, 3.05) is 0 Å². The molecule has 2 saturated carbocycles. The highest BCUT2D eigenvalue weighted by Crippen LogP contribution is 2.69. The first-order valence-corrected chi connectivity index (χ1v) is 13.2. The van der Waals surface area contributed by atoms with E-state index in [1.165, 1.54) is 0 Å². The molecule has 0 aromatic heterocycles. The molecule has 1 saturated heterocycles. The highest BCUT2D eigenvalue weighted by atomic mass is 16.6. The van der Waals surface area contributed by atoms with Crippen molar-refractivity contribution in [3.05, 3.63) is 11.1 Å².